The third kappa shape index (κ3) is 4.62. The van der Waals surface area contributed by atoms with Crippen molar-refractivity contribution >= 4 is 23.5 Å². The van der Waals surface area contributed by atoms with Crippen molar-refractivity contribution in [3.05, 3.63) is 53.1 Å². The van der Waals surface area contributed by atoms with E-state index < -0.39 is 11.9 Å². The summed E-state index contributed by atoms with van der Waals surface area (Å²) < 4.78 is 15.6. The summed E-state index contributed by atoms with van der Waals surface area (Å²) in [6.45, 7) is 4.62. The van der Waals surface area contributed by atoms with E-state index in [-0.39, 0.29) is 48.0 Å². The van der Waals surface area contributed by atoms with Gasteiger partial charge >= 0.3 is 5.97 Å². The molecule has 0 saturated heterocycles. The van der Waals surface area contributed by atoms with E-state index in [1.165, 1.54) is 6.92 Å². The molecule has 2 heterocycles. The highest BCUT2D eigenvalue weighted by molar-refractivity contribution is 6.10. The van der Waals surface area contributed by atoms with Gasteiger partial charge in [0.15, 0.2) is 5.78 Å². The van der Waals surface area contributed by atoms with Crippen LogP contribution in [0.3, 0.4) is 0 Å². The molecule has 0 unspecified atom stereocenters. The highest BCUT2D eigenvalue weighted by Gasteiger charge is 2.28. The number of anilines is 1. The summed E-state index contributed by atoms with van der Waals surface area (Å²) in [5.41, 5.74) is 0.811. The molecule has 0 aliphatic rings. The van der Waals surface area contributed by atoms with Crippen molar-refractivity contribution in [3.63, 3.8) is 0 Å². The minimum Gasteiger partial charge on any atom is -0.462 e. The van der Waals surface area contributed by atoms with Gasteiger partial charge in [0.2, 0.25) is 23.5 Å². The highest BCUT2D eigenvalue weighted by atomic mass is 16.5. The Labute approximate surface area is 172 Å². The number of benzene rings is 1. The molecule has 1 amide bonds. The van der Waals surface area contributed by atoms with Gasteiger partial charge in [0.25, 0.3) is 0 Å². The van der Waals surface area contributed by atoms with Crippen LogP contribution in [-0.4, -0.2) is 34.4 Å². The normalized spacial score (nSPS) is 10.6. The van der Waals surface area contributed by atoms with Gasteiger partial charge in [0.1, 0.15) is 11.3 Å². The van der Waals surface area contributed by atoms with Gasteiger partial charge < -0.3 is 13.7 Å². The molecule has 2 aromatic heterocycles. The Morgan fingerprint density at radius 3 is 2.53 bits per heavy atom. The van der Waals surface area contributed by atoms with E-state index in [2.05, 4.69) is 15.5 Å². The number of aromatic nitrogens is 2. The molecule has 0 bridgehead atoms. The lowest BCUT2D eigenvalue weighted by Gasteiger charge is -2.05. The molecule has 0 saturated carbocycles. The lowest BCUT2D eigenvalue weighted by atomic mass is 10.1. The van der Waals surface area contributed by atoms with Gasteiger partial charge in [-0.25, -0.2) is 4.79 Å². The summed E-state index contributed by atoms with van der Waals surface area (Å²) in [4.78, 5) is 40.9. The molecular weight excluding hydrogens is 390 g/mol. The molecule has 0 spiro atoms. The molecule has 0 radical (unpaired) electrons. The number of nitrogens with zero attached hydrogens (tertiary/aromatic N) is 2. The Bertz CT molecular complexity index is 1070. The van der Waals surface area contributed by atoms with Crippen LogP contribution in [0, 0.1) is 6.92 Å². The Kier molecular flexibility index (Phi) is 6.41. The van der Waals surface area contributed by atoms with Gasteiger partial charge in [-0.15, -0.1) is 0 Å². The number of carbonyl (C=O) groups excluding carboxylic acids is 3. The van der Waals surface area contributed by atoms with Crippen LogP contribution in [0.1, 0.15) is 52.6 Å². The van der Waals surface area contributed by atoms with Gasteiger partial charge in [-0.1, -0.05) is 35.5 Å². The molecule has 0 aliphatic carbocycles. The fraction of sp³-hybridized carbons (Fsp3) is 0.286. The largest absolute Gasteiger partial charge is 0.462 e. The molecule has 1 N–H and O–H groups in total. The number of ketones is 1. The van der Waals surface area contributed by atoms with E-state index in [4.69, 9.17) is 13.7 Å². The Balaban J connectivity index is 1.69. The van der Waals surface area contributed by atoms with Crippen molar-refractivity contribution in [1.82, 2.24) is 10.1 Å². The van der Waals surface area contributed by atoms with Crippen LogP contribution in [0.15, 0.2) is 39.3 Å². The van der Waals surface area contributed by atoms with Crippen molar-refractivity contribution in [1.29, 1.82) is 0 Å². The quantitative estimate of drug-likeness (QED) is 0.440. The van der Waals surface area contributed by atoms with Crippen LogP contribution >= 0.6 is 0 Å². The zero-order valence-corrected chi connectivity index (χ0v) is 16.9. The lowest BCUT2D eigenvalue weighted by molar-refractivity contribution is -0.116. The third-order valence-corrected chi connectivity index (χ3v) is 4.23. The van der Waals surface area contributed by atoms with Gasteiger partial charge in [-0.3, -0.25) is 14.9 Å². The third-order valence-electron chi connectivity index (χ3n) is 4.23. The Morgan fingerprint density at radius 2 is 1.87 bits per heavy atom. The van der Waals surface area contributed by atoms with Crippen molar-refractivity contribution in [3.8, 4) is 11.4 Å². The number of esters is 1. The molecule has 0 fully saturated rings. The number of hydrogen-bond donors (Lipinski definition) is 1. The van der Waals surface area contributed by atoms with Crippen LogP contribution in [-0.2, 0) is 16.0 Å². The van der Waals surface area contributed by atoms with Gasteiger partial charge in [0, 0.05) is 18.4 Å². The van der Waals surface area contributed by atoms with Crippen LogP contribution in [0.5, 0.6) is 0 Å². The standard InChI is InChI=1S/C21H21N3O6/c1-4-28-21(27)18-17(12(2)25)13(3)29-20(18)22-15(26)10-11-16-23-19(24-30-16)14-8-6-5-7-9-14/h5-9H,4,10-11H2,1-3H3,(H,22,26). The minimum absolute atomic E-state index is 0.00778. The Hall–Kier alpha value is -3.75. The predicted molar refractivity (Wildman–Crippen MR) is 106 cm³/mol. The number of furan rings is 1. The van der Waals surface area contributed by atoms with Crippen molar-refractivity contribution in [2.45, 2.75) is 33.6 Å². The smallest absolute Gasteiger partial charge is 0.344 e. The highest BCUT2D eigenvalue weighted by Crippen LogP contribution is 2.28. The lowest BCUT2D eigenvalue weighted by Crippen LogP contribution is -2.16. The maximum Gasteiger partial charge on any atom is 0.344 e. The molecule has 0 aliphatic heterocycles. The first kappa shape index (κ1) is 21.0. The summed E-state index contributed by atoms with van der Waals surface area (Å²) in [6.07, 6.45) is 0.202. The molecule has 3 aromatic rings. The zero-order chi connectivity index (χ0) is 21.7. The summed E-state index contributed by atoms with van der Waals surface area (Å²) >= 11 is 0. The number of hydrogen-bond acceptors (Lipinski definition) is 8. The number of ether oxygens (including phenoxy) is 1. The van der Waals surface area contributed by atoms with Crippen LogP contribution in [0.2, 0.25) is 0 Å². The van der Waals surface area contributed by atoms with Crippen LogP contribution < -0.4 is 5.32 Å². The molecule has 156 valence electrons. The maximum absolute atomic E-state index is 12.4. The topological polar surface area (TPSA) is 125 Å². The number of carbonyl (C=O) groups is 3. The fourth-order valence-corrected chi connectivity index (χ4v) is 2.93. The van der Waals surface area contributed by atoms with E-state index in [9.17, 15) is 14.4 Å². The number of Topliss-reactive ketones (excluding diaryl/α,β-unsaturated/α-hetero) is 1. The molecule has 9 nitrogen and oxygen atoms in total. The number of rotatable bonds is 8. The average Bonchev–Trinajstić information content (AvgIpc) is 3.31. The van der Waals surface area contributed by atoms with Gasteiger partial charge in [-0.2, -0.15) is 4.98 Å². The Morgan fingerprint density at radius 1 is 1.13 bits per heavy atom. The molecular formula is C21H21N3O6. The first-order valence-electron chi connectivity index (χ1n) is 9.40. The number of nitrogens with one attached hydrogen (secondary N) is 1. The zero-order valence-electron chi connectivity index (χ0n) is 16.9. The second kappa shape index (κ2) is 9.17. The fourth-order valence-electron chi connectivity index (χ4n) is 2.93. The molecule has 3 rings (SSSR count). The first-order valence-corrected chi connectivity index (χ1v) is 9.40. The summed E-state index contributed by atoms with van der Waals surface area (Å²) in [5.74, 6) is -0.692. The predicted octanol–water partition coefficient (Wildman–Crippen LogP) is 3.59. The van der Waals surface area contributed by atoms with Crippen molar-refractivity contribution < 1.29 is 28.1 Å². The second-order valence-electron chi connectivity index (χ2n) is 6.44. The molecule has 9 heteroatoms. The number of aryl methyl sites for hydroxylation is 2. The van der Waals surface area contributed by atoms with Gasteiger partial charge in [0.05, 0.1) is 12.2 Å². The summed E-state index contributed by atoms with van der Waals surface area (Å²) in [6, 6.07) is 9.31. The summed E-state index contributed by atoms with van der Waals surface area (Å²) in [7, 11) is 0. The SMILES string of the molecule is CCOC(=O)c1c(NC(=O)CCc2nc(-c3ccccc3)no2)oc(C)c1C(C)=O. The van der Waals surface area contributed by atoms with E-state index in [0.29, 0.717) is 11.7 Å². The molecule has 0 atom stereocenters. The first-order chi connectivity index (χ1) is 14.4. The van der Waals surface area contributed by atoms with E-state index in [1.54, 1.807) is 13.8 Å². The monoisotopic (exact) mass is 411 g/mol. The van der Waals surface area contributed by atoms with Crippen molar-refractivity contribution in [2.75, 3.05) is 11.9 Å². The molecule has 1 aromatic carbocycles. The van der Waals surface area contributed by atoms with E-state index in [1.807, 2.05) is 30.3 Å². The van der Waals surface area contributed by atoms with Crippen LogP contribution in [0.25, 0.3) is 11.4 Å². The number of amides is 1. The van der Waals surface area contributed by atoms with Crippen molar-refractivity contribution in [2.24, 2.45) is 0 Å². The second-order valence-corrected chi connectivity index (χ2v) is 6.44. The van der Waals surface area contributed by atoms with E-state index >= 15 is 0 Å². The maximum atomic E-state index is 12.4. The molecule has 30 heavy (non-hydrogen) atoms. The average molecular weight is 411 g/mol. The minimum atomic E-state index is -0.737. The van der Waals surface area contributed by atoms with E-state index in [0.717, 1.165) is 5.56 Å². The van der Waals surface area contributed by atoms with Crippen LogP contribution in [0.4, 0.5) is 5.88 Å². The van der Waals surface area contributed by atoms with Gasteiger partial charge in [-0.05, 0) is 20.8 Å². The summed E-state index contributed by atoms with van der Waals surface area (Å²) in [5, 5.41) is 6.43.